The first-order valence-corrected chi connectivity index (χ1v) is 10.9. The van der Waals surface area contributed by atoms with Crippen LogP contribution in [0.25, 0.3) is 55.8 Å². The maximum absolute atomic E-state index is 4.94. The summed E-state index contributed by atoms with van der Waals surface area (Å²) < 4.78 is 1.94. The average molecular weight is 432 g/mol. The van der Waals surface area contributed by atoms with Crippen molar-refractivity contribution in [2.75, 3.05) is 0 Å². The molecule has 0 amide bonds. The van der Waals surface area contributed by atoms with Crippen molar-refractivity contribution in [1.82, 2.24) is 40.2 Å². The summed E-state index contributed by atoms with van der Waals surface area (Å²) in [6, 6.07) is 16.9. The molecule has 6 bridgehead atoms. The van der Waals surface area contributed by atoms with Gasteiger partial charge < -0.3 is 10.3 Å². The first kappa shape index (κ1) is 18.3. The van der Waals surface area contributed by atoms with Crippen molar-refractivity contribution in [3.63, 3.8) is 0 Å². The van der Waals surface area contributed by atoms with Crippen LogP contribution in [0, 0.1) is 0 Å². The zero-order valence-electron chi connectivity index (χ0n) is 17.9. The highest BCUT2D eigenvalue weighted by atomic mass is 15.3. The van der Waals surface area contributed by atoms with E-state index in [0.29, 0.717) is 12.4 Å². The highest BCUT2D eigenvalue weighted by Crippen LogP contribution is 2.33. The van der Waals surface area contributed by atoms with Gasteiger partial charge in [-0.3, -0.25) is 9.78 Å². The van der Waals surface area contributed by atoms with E-state index in [4.69, 9.17) is 4.98 Å². The maximum atomic E-state index is 4.94. The monoisotopic (exact) mass is 432 g/mol. The minimum absolute atomic E-state index is 0.699. The van der Waals surface area contributed by atoms with Gasteiger partial charge in [0.15, 0.2) is 11.5 Å². The minimum Gasteiger partial charge on any atom is -0.321 e. The Hall–Kier alpha value is -4.30. The van der Waals surface area contributed by atoms with Crippen LogP contribution in [0.1, 0.15) is 11.3 Å². The topological polar surface area (TPSA) is 100 Å². The standard InChI is InChI=1S/C25H20N8/c1-33-21-13-26-11-14-3-2-4-15(9-14)17-7-8-27-24-22(17)29-25(30-24)23-18-10-16(19(21)12-28-33)5-6-20(18)31-32-23/h2-10,12,26H,11,13H2,1H3,(H,31,32)(H,27,29,30). The Morgan fingerprint density at radius 3 is 2.88 bits per heavy atom. The fourth-order valence-electron chi connectivity index (χ4n) is 4.71. The lowest BCUT2D eigenvalue weighted by molar-refractivity contribution is 0.627. The van der Waals surface area contributed by atoms with Crippen molar-refractivity contribution in [3.05, 3.63) is 72.2 Å². The molecule has 0 fully saturated rings. The number of imidazole rings is 1. The summed E-state index contributed by atoms with van der Waals surface area (Å²) in [6.07, 6.45) is 3.75. The van der Waals surface area contributed by atoms with Gasteiger partial charge in [0, 0.05) is 42.8 Å². The van der Waals surface area contributed by atoms with E-state index in [1.165, 1.54) is 5.56 Å². The number of aryl methyl sites for hydroxylation is 1. The maximum Gasteiger partial charge on any atom is 0.160 e. The molecule has 3 N–H and O–H groups in total. The van der Waals surface area contributed by atoms with Crippen LogP contribution in [0.5, 0.6) is 0 Å². The van der Waals surface area contributed by atoms with E-state index in [9.17, 15) is 0 Å². The lowest BCUT2D eigenvalue weighted by Crippen LogP contribution is -2.16. The number of aromatic amines is 2. The van der Waals surface area contributed by atoms with Crippen LogP contribution in [0.15, 0.2) is 60.9 Å². The smallest absolute Gasteiger partial charge is 0.160 e. The van der Waals surface area contributed by atoms with Gasteiger partial charge in [-0.15, -0.1) is 0 Å². The summed E-state index contributed by atoms with van der Waals surface area (Å²) in [7, 11) is 1.99. The van der Waals surface area contributed by atoms with Crippen molar-refractivity contribution in [2.45, 2.75) is 13.1 Å². The Morgan fingerprint density at radius 1 is 0.970 bits per heavy atom. The summed E-state index contributed by atoms with van der Waals surface area (Å²) in [6.45, 7) is 1.47. The number of rotatable bonds is 0. The number of H-pyrrole nitrogens is 2. The van der Waals surface area contributed by atoms with Gasteiger partial charge in [0.2, 0.25) is 0 Å². The molecule has 8 heteroatoms. The van der Waals surface area contributed by atoms with Crippen LogP contribution < -0.4 is 5.32 Å². The number of aromatic nitrogens is 7. The normalized spacial score (nSPS) is 13.2. The van der Waals surface area contributed by atoms with Gasteiger partial charge in [-0.2, -0.15) is 10.2 Å². The van der Waals surface area contributed by atoms with E-state index in [-0.39, 0.29) is 0 Å². The predicted molar refractivity (Wildman–Crippen MR) is 127 cm³/mol. The Kier molecular flexibility index (Phi) is 3.80. The number of hydrogen-bond acceptors (Lipinski definition) is 5. The molecule has 0 saturated heterocycles. The van der Waals surface area contributed by atoms with Gasteiger partial charge in [0.05, 0.1) is 17.4 Å². The second-order valence-corrected chi connectivity index (χ2v) is 8.41. The second-order valence-electron chi connectivity index (χ2n) is 8.41. The van der Waals surface area contributed by atoms with Gasteiger partial charge in [-0.05, 0) is 41.0 Å². The number of nitrogens with zero attached hydrogens (tertiary/aromatic N) is 5. The third-order valence-electron chi connectivity index (χ3n) is 6.40. The molecular formula is C25H20N8. The summed E-state index contributed by atoms with van der Waals surface area (Å²) in [5.74, 6) is 0.699. The molecule has 33 heavy (non-hydrogen) atoms. The lowest BCUT2D eigenvalue weighted by atomic mass is 10.0. The van der Waals surface area contributed by atoms with Crippen LogP contribution in [0.2, 0.25) is 0 Å². The molecule has 1 aliphatic rings. The van der Waals surface area contributed by atoms with Crippen LogP contribution in [-0.2, 0) is 20.1 Å². The average Bonchev–Trinajstić information content (AvgIpc) is 3.54. The quantitative estimate of drug-likeness (QED) is 0.334. The molecule has 0 saturated carbocycles. The van der Waals surface area contributed by atoms with Crippen molar-refractivity contribution in [1.29, 1.82) is 0 Å². The van der Waals surface area contributed by atoms with Gasteiger partial charge >= 0.3 is 0 Å². The highest BCUT2D eigenvalue weighted by molar-refractivity contribution is 5.97. The molecule has 0 aliphatic carbocycles. The molecule has 0 atom stereocenters. The van der Waals surface area contributed by atoms with E-state index in [2.05, 4.69) is 73.0 Å². The first-order valence-electron chi connectivity index (χ1n) is 10.9. The summed E-state index contributed by atoms with van der Waals surface area (Å²) in [4.78, 5) is 12.9. The highest BCUT2D eigenvalue weighted by Gasteiger charge is 2.18. The fraction of sp³-hybridized carbons (Fsp3) is 0.120. The van der Waals surface area contributed by atoms with Crippen LogP contribution in [0.3, 0.4) is 0 Å². The van der Waals surface area contributed by atoms with E-state index in [0.717, 1.165) is 62.3 Å². The van der Waals surface area contributed by atoms with E-state index < -0.39 is 0 Å². The molecule has 8 nitrogen and oxygen atoms in total. The molecule has 4 aromatic heterocycles. The molecule has 2 aromatic carbocycles. The van der Waals surface area contributed by atoms with E-state index in [1.807, 2.05) is 30.2 Å². The fourth-order valence-corrected chi connectivity index (χ4v) is 4.71. The molecule has 7 rings (SSSR count). The molecule has 0 radical (unpaired) electrons. The van der Waals surface area contributed by atoms with Gasteiger partial charge in [-0.25, -0.2) is 9.97 Å². The van der Waals surface area contributed by atoms with Gasteiger partial charge in [0.1, 0.15) is 11.2 Å². The second kappa shape index (κ2) is 6.85. The molecule has 1 aliphatic heterocycles. The van der Waals surface area contributed by atoms with Crippen molar-refractivity contribution in [3.8, 4) is 33.8 Å². The van der Waals surface area contributed by atoms with Crippen LogP contribution >= 0.6 is 0 Å². The number of benzene rings is 2. The summed E-state index contributed by atoms with van der Waals surface area (Å²) in [5, 5.41) is 16.9. The van der Waals surface area contributed by atoms with Crippen LogP contribution in [-0.4, -0.2) is 34.9 Å². The summed E-state index contributed by atoms with van der Waals surface area (Å²) >= 11 is 0. The van der Waals surface area contributed by atoms with E-state index in [1.54, 1.807) is 0 Å². The SMILES string of the molecule is Cn1ncc2c1CNCc1cccc(c1)-c1ccnc3[nH]c(nc13)-c1n[nH]c3ccc-2cc13. The molecule has 160 valence electrons. The molecule has 0 unspecified atom stereocenters. The van der Waals surface area contributed by atoms with Crippen molar-refractivity contribution >= 4 is 22.1 Å². The summed E-state index contributed by atoms with van der Waals surface area (Å²) in [5.41, 5.74) is 10.0. The molecular weight excluding hydrogens is 412 g/mol. The van der Waals surface area contributed by atoms with Crippen molar-refractivity contribution < 1.29 is 0 Å². The number of hydrogen-bond donors (Lipinski definition) is 3. The third-order valence-corrected chi connectivity index (χ3v) is 6.40. The number of fused-ring (bicyclic) bond motifs is 8. The van der Waals surface area contributed by atoms with Gasteiger partial charge in [0.25, 0.3) is 0 Å². The van der Waals surface area contributed by atoms with Crippen LogP contribution in [0.4, 0.5) is 0 Å². The molecule has 0 spiro atoms. The zero-order chi connectivity index (χ0) is 21.9. The molecule has 5 heterocycles. The predicted octanol–water partition coefficient (Wildman–Crippen LogP) is 4.17. The Bertz CT molecular complexity index is 1670. The first-order chi connectivity index (χ1) is 16.2. The lowest BCUT2D eigenvalue weighted by Gasteiger charge is -2.10. The van der Waals surface area contributed by atoms with E-state index >= 15 is 0 Å². The Balaban J connectivity index is 1.53. The number of nitrogens with one attached hydrogen (secondary N) is 3. The Morgan fingerprint density at radius 2 is 1.91 bits per heavy atom. The Labute approximate surface area is 188 Å². The zero-order valence-corrected chi connectivity index (χ0v) is 17.9. The molecule has 6 aromatic rings. The largest absolute Gasteiger partial charge is 0.321 e. The minimum atomic E-state index is 0.699. The van der Waals surface area contributed by atoms with Crippen molar-refractivity contribution in [2.24, 2.45) is 7.05 Å². The third kappa shape index (κ3) is 2.81. The van der Waals surface area contributed by atoms with Gasteiger partial charge in [-0.1, -0.05) is 24.3 Å². The number of pyridine rings is 1.